The van der Waals surface area contributed by atoms with Gasteiger partial charge in [0.1, 0.15) is 22.9 Å². The molecule has 4 nitrogen and oxygen atoms in total. The molecule has 2 unspecified atom stereocenters. The summed E-state index contributed by atoms with van der Waals surface area (Å²) in [5.41, 5.74) is 1.07. The highest BCUT2D eigenvalue weighted by Gasteiger charge is 2.28. The Morgan fingerprint density at radius 3 is 2.77 bits per heavy atom. The van der Waals surface area contributed by atoms with Crippen molar-refractivity contribution in [3.05, 3.63) is 51.9 Å². The van der Waals surface area contributed by atoms with Crippen LogP contribution in [0.25, 0.3) is 0 Å². The Hall–Kier alpha value is -1.36. The summed E-state index contributed by atoms with van der Waals surface area (Å²) in [6.07, 6.45) is -0.0380. The highest BCUT2D eigenvalue weighted by Crippen LogP contribution is 2.30. The van der Waals surface area contributed by atoms with Crippen molar-refractivity contribution in [2.75, 3.05) is 18.1 Å². The van der Waals surface area contributed by atoms with Crippen LogP contribution < -0.4 is 4.90 Å². The third kappa shape index (κ3) is 3.35. The van der Waals surface area contributed by atoms with E-state index in [-0.39, 0.29) is 12.1 Å². The number of ether oxygens (including phenoxy) is 1. The first-order chi connectivity index (χ1) is 10.5. The van der Waals surface area contributed by atoms with Gasteiger partial charge >= 0.3 is 0 Å². The van der Waals surface area contributed by atoms with Gasteiger partial charge in [-0.15, -0.1) is 0 Å². The summed E-state index contributed by atoms with van der Waals surface area (Å²) in [7, 11) is 0. The van der Waals surface area contributed by atoms with Crippen molar-refractivity contribution in [1.29, 1.82) is 0 Å². The van der Waals surface area contributed by atoms with Crippen LogP contribution in [0.2, 0.25) is 10.2 Å². The molecule has 0 bridgehead atoms. The van der Waals surface area contributed by atoms with Crippen LogP contribution in [0.4, 0.5) is 5.82 Å². The number of benzene rings is 1. The molecular formula is C16H17Cl2N3O. The molecule has 1 aliphatic heterocycles. The van der Waals surface area contributed by atoms with E-state index in [1.54, 1.807) is 6.07 Å². The van der Waals surface area contributed by atoms with Gasteiger partial charge in [0.2, 0.25) is 0 Å². The van der Waals surface area contributed by atoms with Crippen LogP contribution in [-0.4, -0.2) is 29.2 Å². The van der Waals surface area contributed by atoms with E-state index in [4.69, 9.17) is 27.9 Å². The van der Waals surface area contributed by atoms with Crippen molar-refractivity contribution in [3.63, 3.8) is 0 Å². The van der Waals surface area contributed by atoms with Crippen LogP contribution in [0.3, 0.4) is 0 Å². The first kappa shape index (κ1) is 15.5. The van der Waals surface area contributed by atoms with Gasteiger partial charge in [0.25, 0.3) is 0 Å². The highest BCUT2D eigenvalue weighted by atomic mass is 35.5. The molecule has 1 aliphatic rings. The van der Waals surface area contributed by atoms with Crippen LogP contribution >= 0.6 is 23.2 Å². The molecule has 2 aromatic rings. The lowest BCUT2D eigenvalue weighted by Crippen LogP contribution is -2.45. The average Bonchev–Trinajstić information content (AvgIpc) is 2.46. The molecule has 0 amide bonds. The zero-order chi connectivity index (χ0) is 15.7. The fourth-order valence-electron chi connectivity index (χ4n) is 2.65. The van der Waals surface area contributed by atoms with E-state index in [2.05, 4.69) is 21.8 Å². The van der Waals surface area contributed by atoms with Gasteiger partial charge in [0, 0.05) is 11.1 Å². The summed E-state index contributed by atoms with van der Waals surface area (Å²) < 4.78 is 5.97. The SMILES string of the molecule is Cc1nc(Cl)cc(N2CC(c3cccc(Cl)c3)OCC2C)n1. The molecule has 1 fully saturated rings. The third-order valence-corrected chi connectivity index (χ3v) is 4.17. The molecule has 1 saturated heterocycles. The molecule has 0 N–H and O–H groups in total. The van der Waals surface area contributed by atoms with E-state index in [0.29, 0.717) is 29.2 Å². The van der Waals surface area contributed by atoms with Crippen LogP contribution in [0.5, 0.6) is 0 Å². The lowest BCUT2D eigenvalue weighted by molar-refractivity contribution is 0.0212. The van der Waals surface area contributed by atoms with Crippen LogP contribution in [0.1, 0.15) is 24.4 Å². The Kier molecular flexibility index (Phi) is 4.52. The van der Waals surface area contributed by atoms with Crippen molar-refractivity contribution < 1.29 is 4.74 Å². The van der Waals surface area contributed by atoms with Crippen molar-refractivity contribution in [3.8, 4) is 0 Å². The third-order valence-electron chi connectivity index (χ3n) is 3.74. The quantitative estimate of drug-likeness (QED) is 0.774. The Bertz CT molecular complexity index is 660. The molecule has 1 aromatic carbocycles. The fourth-order valence-corrected chi connectivity index (χ4v) is 3.07. The lowest BCUT2D eigenvalue weighted by Gasteiger charge is -2.39. The molecule has 3 rings (SSSR count). The molecule has 0 spiro atoms. The van der Waals surface area contributed by atoms with Gasteiger partial charge < -0.3 is 9.64 Å². The second-order valence-corrected chi connectivity index (χ2v) is 6.30. The zero-order valence-electron chi connectivity index (χ0n) is 12.5. The number of hydrogen-bond acceptors (Lipinski definition) is 4. The van der Waals surface area contributed by atoms with Gasteiger partial charge in [-0.05, 0) is 31.5 Å². The first-order valence-corrected chi connectivity index (χ1v) is 7.93. The molecule has 22 heavy (non-hydrogen) atoms. The normalized spacial score (nSPS) is 21.9. The summed E-state index contributed by atoms with van der Waals surface area (Å²) >= 11 is 12.1. The van der Waals surface area contributed by atoms with Crippen LogP contribution in [0, 0.1) is 6.92 Å². The molecule has 2 heterocycles. The number of morpholine rings is 1. The van der Waals surface area contributed by atoms with E-state index in [0.717, 1.165) is 11.4 Å². The molecule has 6 heteroatoms. The van der Waals surface area contributed by atoms with E-state index < -0.39 is 0 Å². The molecule has 1 aromatic heterocycles. The number of nitrogens with zero attached hydrogens (tertiary/aromatic N) is 3. The fraction of sp³-hybridized carbons (Fsp3) is 0.375. The minimum Gasteiger partial charge on any atom is -0.370 e. The predicted molar refractivity (Wildman–Crippen MR) is 88.7 cm³/mol. The minimum atomic E-state index is -0.0380. The molecular weight excluding hydrogens is 321 g/mol. The molecule has 0 saturated carbocycles. The summed E-state index contributed by atoms with van der Waals surface area (Å²) in [5.74, 6) is 1.50. The van der Waals surface area contributed by atoms with Crippen molar-refractivity contribution in [2.24, 2.45) is 0 Å². The second-order valence-electron chi connectivity index (χ2n) is 5.47. The Labute approximate surface area is 140 Å². The standard InChI is InChI=1S/C16H17Cl2N3O/c1-10-9-22-14(12-4-3-5-13(17)6-12)8-21(10)16-7-15(18)19-11(2)20-16/h3-7,10,14H,8-9H2,1-2H3. The molecule has 0 radical (unpaired) electrons. The Morgan fingerprint density at radius 2 is 2.05 bits per heavy atom. The molecule has 0 aliphatic carbocycles. The molecule has 2 atom stereocenters. The minimum absolute atomic E-state index is 0.0380. The van der Waals surface area contributed by atoms with Gasteiger partial charge in [-0.1, -0.05) is 35.3 Å². The zero-order valence-corrected chi connectivity index (χ0v) is 14.0. The number of halogens is 2. The summed E-state index contributed by atoms with van der Waals surface area (Å²) in [6, 6.07) is 9.80. The topological polar surface area (TPSA) is 38.2 Å². The van der Waals surface area contributed by atoms with Crippen LogP contribution in [-0.2, 0) is 4.74 Å². The maximum atomic E-state index is 6.08. The first-order valence-electron chi connectivity index (χ1n) is 7.18. The van der Waals surface area contributed by atoms with E-state index >= 15 is 0 Å². The summed E-state index contributed by atoms with van der Waals surface area (Å²) in [6.45, 7) is 5.28. The van der Waals surface area contributed by atoms with E-state index in [1.807, 2.05) is 31.2 Å². The average molecular weight is 338 g/mol. The summed E-state index contributed by atoms with van der Waals surface area (Å²) in [4.78, 5) is 10.8. The maximum absolute atomic E-state index is 6.08. The van der Waals surface area contributed by atoms with Crippen LogP contribution in [0.15, 0.2) is 30.3 Å². The number of aryl methyl sites for hydroxylation is 1. The maximum Gasteiger partial charge on any atom is 0.134 e. The van der Waals surface area contributed by atoms with Gasteiger partial charge in [-0.3, -0.25) is 0 Å². The van der Waals surface area contributed by atoms with E-state index in [1.165, 1.54) is 0 Å². The van der Waals surface area contributed by atoms with Gasteiger partial charge in [-0.2, -0.15) is 0 Å². The molecule has 116 valence electrons. The van der Waals surface area contributed by atoms with Crippen molar-refractivity contribution >= 4 is 29.0 Å². The summed E-state index contributed by atoms with van der Waals surface area (Å²) in [5, 5.41) is 1.17. The highest BCUT2D eigenvalue weighted by molar-refractivity contribution is 6.30. The number of hydrogen-bond donors (Lipinski definition) is 0. The second kappa shape index (κ2) is 6.41. The number of rotatable bonds is 2. The largest absolute Gasteiger partial charge is 0.370 e. The van der Waals surface area contributed by atoms with Gasteiger partial charge in [0.05, 0.1) is 19.2 Å². The smallest absolute Gasteiger partial charge is 0.134 e. The Morgan fingerprint density at radius 1 is 1.23 bits per heavy atom. The predicted octanol–water partition coefficient (Wildman–Crippen LogP) is 4.06. The Balaban J connectivity index is 1.87. The van der Waals surface area contributed by atoms with Crippen molar-refractivity contribution in [2.45, 2.75) is 26.0 Å². The number of anilines is 1. The van der Waals surface area contributed by atoms with Crippen molar-refractivity contribution in [1.82, 2.24) is 9.97 Å². The monoisotopic (exact) mass is 337 g/mol. The van der Waals surface area contributed by atoms with Gasteiger partial charge in [0.15, 0.2) is 0 Å². The lowest BCUT2D eigenvalue weighted by atomic mass is 10.1. The van der Waals surface area contributed by atoms with E-state index in [9.17, 15) is 0 Å². The van der Waals surface area contributed by atoms with Gasteiger partial charge in [-0.25, -0.2) is 9.97 Å². The number of aromatic nitrogens is 2.